The van der Waals surface area contributed by atoms with Gasteiger partial charge in [-0.3, -0.25) is 0 Å². The molecule has 0 atom stereocenters. The second-order valence-electron chi connectivity index (χ2n) is 3.76. The van der Waals surface area contributed by atoms with Crippen molar-refractivity contribution in [2.24, 2.45) is 5.73 Å². The maximum Gasteiger partial charge on any atom is 0.586 e. The molecule has 0 aliphatic carbocycles. The van der Waals surface area contributed by atoms with E-state index < -0.39 is 6.29 Å². The number of ether oxygens (including phenoxy) is 2. The minimum atomic E-state index is -3.60. The van der Waals surface area contributed by atoms with Crippen LogP contribution in [0.5, 0.6) is 11.5 Å². The van der Waals surface area contributed by atoms with E-state index in [1.165, 1.54) is 12.1 Å². The number of halogens is 2. The Balaban J connectivity index is 2.02. The number of fused-ring (bicyclic) bond motifs is 1. The monoisotopic (exact) mass is 253 g/mol. The summed E-state index contributed by atoms with van der Waals surface area (Å²) in [5.74, 6) is 0.00679. The molecule has 2 aromatic rings. The molecule has 3 rings (SSSR count). The second kappa shape index (κ2) is 3.67. The van der Waals surface area contributed by atoms with E-state index in [-0.39, 0.29) is 11.5 Å². The Labute approximate surface area is 101 Å². The van der Waals surface area contributed by atoms with Crippen molar-refractivity contribution in [2.75, 3.05) is 0 Å². The van der Waals surface area contributed by atoms with Gasteiger partial charge in [-0.1, -0.05) is 0 Å². The second-order valence-corrected chi connectivity index (χ2v) is 3.76. The third-order valence-electron chi connectivity index (χ3n) is 2.59. The van der Waals surface area contributed by atoms with Crippen LogP contribution in [0.1, 0.15) is 5.69 Å². The molecular formula is C11H9F2N3O2. The van der Waals surface area contributed by atoms with Crippen LogP contribution in [0.4, 0.5) is 8.78 Å². The van der Waals surface area contributed by atoms with Gasteiger partial charge in [0, 0.05) is 18.8 Å². The quantitative estimate of drug-likeness (QED) is 0.884. The van der Waals surface area contributed by atoms with Gasteiger partial charge in [-0.05, 0) is 12.1 Å². The van der Waals surface area contributed by atoms with E-state index in [4.69, 9.17) is 5.73 Å². The van der Waals surface area contributed by atoms with Gasteiger partial charge < -0.3 is 19.8 Å². The molecule has 1 aromatic heterocycles. The summed E-state index contributed by atoms with van der Waals surface area (Å²) < 4.78 is 36.1. The first-order chi connectivity index (χ1) is 8.59. The summed E-state index contributed by atoms with van der Waals surface area (Å²) in [4.78, 5) is 3.95. The molecule has 1 aliphatic rings. The predicted octanol–water partition coefficient (Wildman–Crippen LogP) is 1.65. The van der Waals surface area contributed by atoms with Crippen LogP contribution >= 0.6 is 0 Å². The molecule has 1 aliphatic heterocycles. The van der Waals surface area contributed by atoms with Crippen molar-refractivity contribution in [1.29, 1.82) is 0 Å². The van der Waals surface area contributed by atoms with E-state index in [1.807, 2.05) is 0 Å². The molecule has 2 N–H and O–H groups in total. The minimum absolute atomic E-state index is 0.00540. The van der Waals surface area contributed by atoms with Crippen molar-refractivity contribution >= 4 is 0 Å². The lowest BCUT2D eigenvalue weighted by Gasteiger charge is -2.07. The Kier molecular flexibility index (Phi) is 2.24. The van der Waals surface area contributed by atoms with E-state index in [1.54, 1.807) is 23.2 Å². The zero-order valence-corrected chi connectivity index (χ0v) is 9.14. The van der Waals surface area contributed by atoms with Gasteiger partial charge in [-0.25, -0.2) is 4.98 Å². The standard InChI is InChI=1S/C11H9F2N3O2/c12-11(13)17-9-2-1-7(3-10(9)18-11)16-6-15-5-8(16)4-14/h1-3,5-6H,4,14H2. The van der Waals surface area contributed by atoms with E-state index in [9.17, 15) is 8.78 Å². The van der Waals surface area contributed by atoms with Gasteiger partial charge >= 0.3 is 6.29 Å². The zero-order valence-electron chi connectivity index (χ0n) is 9.14. The molecule has 0 radical (unpaired) electrons. The number of hydrogen-bond acceptors (Lipinski definition) is 4. The highest BCUT2D eigenvalue weighted by atomic mass is 19.3. The van der Waals surface area contributed by atoms with Crippen molar-refractivity contribution in [3.05, 3.63) is 36.4 Å². The molecule has 7 heteroatoms. The van der Waals surface area contributed by atoms with Gasteiger partial charge in [0.05, 0.1) is 17.7 Å². The molecule has 0 saturated carbocycles. The first-order valence-electron chi connectivity index (χ1n) is 5.20. The molecule has 94 valence electrons. The van der Waals surface area contributed by atoms with Crippen molar-refractivity contribution in [2.45, 2.75) is 12.8 Å². The summed E-state index contributed by atoms with van der Waals surface area (Å²) in [6.45, 7) is 0.296. The van der Waals surface area contributed by atoms with E-state index in [0.29, 0.717) is 12.2 Å². The number of nitrogens with zero attached hydrogens (tertiary/aromatic N) is 2. The number of rotatable bonds is 2. The molecule has 18 heavy (non-hydrogen) atoms. The number of imidazole rings is 1. The number of aromatic nitrogens is 2. The Morgan fingerprint density at radius 2 is 2.06 bits per heavy atom. The molecule has 0 bridgehead atoms. The molecule has 0 unspecified atom stereocenters. The fraction of sp³-hybridized carbons (Fsp3) is 0.182. The van der Waals surface area contributed by atoms with Crippen LogP contribution in [-0.4, -0.2) is 15.8 Å². The zero-order chi connectivity index (χ0) is 12.8. The Hall–Kier alpha value is -2.15. The fourth-order valence-electron chi connectivity index (χ4n) is 1.79. The number of hydrogen-bond donors (Lipinski definition) is 1. The summed E-state index contributed by atoms with van der Waals surface area (Å²) in [5.41, 5.74) is 6.95. The summed E-state index contributed by atoms with van der Waals surface area (Å²) in [5, 5.41) is 0. The molecule has 0 amide bonds. The van der Waals surface area contributed by atoms with Gasteiger partial charge in [-0.15, -0.1) is 8.78 Å². The topological polar surface area (TPSA) is 62.3 Å². The summed E-state index contributed by atoms with van der Waals surface area (Å²) in [7, 11) is 0. The highest BCUT2D eigenvalue weighted by Crippen LogP contribution is 2.41. The summed E-state index contributed by atoms with van der Waals surface area (Å²) in [6, 6.07) is 4.51. The van der Waals surface area contributed by atoms with Crippen LogP contribution in [0.25, 0.3) is 5.69 Å². The average molecular weight is 253 g/mol. The molecule has 1 aromatic carbocycles. The first kappa shape index (κ1) is 11.0. The van der Waals surface area contributed by atoms with Gasteiger partial charge in [0.15, 0.2) is 11.5 Å². The smallest absolute Gasteiger partial charge is 0.395 e. The van der Waals surface area contributed by atoms with Gasteiger partial charge in [-0.2, -0.15) is 0 Å². The van der Waals surface area contributed by atoms with Crippen LogP contribution in [0.3, 0.4) is 0 Å². The van der Waals surface area contributed by atoms with E-state index in [2.05, 4.69) is 14.5 Å². The highest BCUT2D eigenvalue weighted by molar-refractivity contribution is 5.51. The minimum Gasteiger partial charge on any atom is -0.395 e. The summed E-state index contributed by atoms with van der Waals surface area (Å²) in [6.07, 6.45) is -0.441. The van der Waals surface area contributed by atoms with E-state index >= 15 is 0 Å². The van der Waals surface area contributed by atoms with Gasteiger partial charge in [0.25, 0.3) is 0 Å². The molecule has 0 fully saturated rings. The van der Waals surface area contributed by atoms with Crippen molar-refractivity contribution in [3.63, 3.8) is 0 Å². The van der Waals surface area contributed by atoms with Gasteiger partial charge in [0.1, 0.15) is 0 Å². The van der Waals surface area contributed by atoms with E-state index in [0.717, 1.165) is 5.69 Å². The first-order valence-corrected chi connectivity index (χ1v) is 5.20. The maximum absolute atomic E-state index is 12.9. The lowest BCUT2D eigenvalue weighted by molar-refractivity contribution is -0.286. The highest BCUT2D eigenvalue weighted by Gasteiger charge is 2.43. The van der Waals surface area contributed by atoms with Crippen LogP contribution < -0.4 is 15.2 Å². The lowest BCUT2D eigenvalue weighted by atomic mass is 10.2. The third-order valence-corrected chi connectivity index (χ3v) is 2.59. The molecule has 0 saturated heterocycles. The number of nitrogens with two attached hydrogens (primary N) is 1. The van der Waals surface area contributed by atoms with Crippen LogP contribution in [0.2, 0.25) is 0 Å². The lowest BCUT2D eigenvalue weighted by Crippen LogP contribution is -2.25. The van der Waals surface area contributed by atoms with Crippen molar-refractivity contribution < 1.29 is 18.3 Å². The largest absolute Gasteiger partial charge is 0.586 e. The maximum atomic E-state index is 12.9. The van der Waals surface area contributed by atoms with Crippen LogP contribution in [-0.2, 0) is 6.54 Å². The third kappa shape index (κ3) is 1.68. The van der Waals surface area contributed by atoms with Gasteiger partial charge in [0.2, 0.25) is 0 Å². The number of alkyl halides is 2. The average Bonchev–Trinajstić information content (AvgIpc) is 2.88. The Morgan fingerprint density at radius 1 is 1.28 bits per heavy atom. The van der Waals surface area contributed by atoms with Crippen LogP contribution in [0.15, 0.2) is 30.7 Å². The Bertz CT molecular complexity index is 598. The summed E-state index contributed by atoms with van der Waals surface area (Å²) >= 11 is 0. The SMILES string of the molecule is NCc1cncn1-c1ccc2c(c1)OC(F)(F)O2. The van der Waals surface area contributed by atoms with Crippen molar-refractivity contribution in [3.8, 4) is 17.2 Å². The number of benzene rings is 1. The van der Waals surface area contributed by atoms with Crippen molar-refractivity contribution in [1.82, 2.24) is 9.55 Å². The molecule has 5 nitrogen and oxygen atoms in total. The molecule has 2 heterocycles. The predicted molar refractivity (Wildman–Crippen MR) is 57.7 cm³/mol. The normalized spacial score (nSPS) is 15.9. The fourth-order valence-corrected chi connectivity index (χ4v) is 1.79. The van der Waals surface area contributed by atoms with Crippen LogP contribution in [0, 0.1) is 0 Å². The Morgan fingerprint density at radius 3 is 2.83 bits per heavy atom. The molecular weight excluding hydrogens is 244 g/mol. The molecule has 0 spiro atoms.